The smallest absolute Gasteiger partial charge is 0.240 e. The van der Waals surface area contributed by atoms with E-state index in [0.717, 1.165) is 0 Å². The molecule has 0 saturated carbocycles. The number of fused-ring (bicyclic) bond motifs is 1. The summed E-state index contributed by atoms with van der Waals surface area (Å²) in [6, 6.07) is 11.0. The van der Waals surface area contributed by atoms with Gasteiger partial charge >= 0.3 is 0 Å². The SMILES string of the molecule is C=C(c1nc(N)c2c(n1)NC(=O)C2(C)c1ccc(C(=N)N=NN)cc1)c1ccc(F)cc1C. The molecule has 1 aliphatic rings. The molecule has 10 heteroatoms. The lowest BCUT2D eigenvalue weighted by Gasteiger charge is -2.23. The number of nitrogens with zero attached hydrogens (tertiary/aromatic N) is 4. The number of amidine groups is 1. The molecule has 0 saturated heterocycles. The van der Waals surface area contributed by atoms with Gasteiger partial charge in [0.25, 0.3) is 0 Å². The van der Waals surface area contributed by atoms with E-state index in [9.17, 15) is 9.18 Å². The number of aryl methyl sites for hydroxylation is 1. The van der Waals surface area contributed by atoms with Crippen LogP contribution in [0.25, 0.3) is 5.57 Å². The van der Waals surface area contributed by atoms with Gasteiger partial charge in [0.05, 0.1) is 5.56 Å². The minimum atomic E-state index is -1.15. The topological polar surface area (TPSA) is 155 Å². The predicted molar refractivity (Wildman–Crippen MR) is 123 cm³/mol. The molecule has 1 aromatic heterocycles. The molecule has 2 heterocycles. The van der Waals surface area contributed by atoms with Crippen molar-refractivity contribution in [1.29, 1.82) is 5.41 Å². The van der Waals surface area contributed by atoms with Gasteiger partial charge in [-0.2, -0.15) is 0 Å². The van der Waals surface area contributed by atoms with Crippen molar-refractivity contribution in [2.75, 3.05) is 11.1 Å². The molecular weight excluding hydrogens is 423 g/mol. The van der Waals surface area contributed by atoms with Crippen LogP contribution in [0.5, 0.6) is 0 Å². The normalized spacial score (nSPS) is 17.1. The van der Waals surface area contributed by atoms with Gasteiger partial charge in [-0.1, -0.05) is 42.1 Å². The molecule has 4 rings (SSSR count). The van der Waals surface area contributed by atoms with Gasteiger partial charge in [0.1, 0.15) is 22.9 Å². The molecule has 2 aromatic carbocycles. The molecule has 0 radical (unpaired) electrons. The molecule has 3 aromatic rings. The number of halogens is 1. The summed E-state index contributed by atoms with van der Waals surface area (Å²) in [4.78, 5) is 22.0. The van der Waals surface area contributed by atoms with Gasteiger partial charge in [-0.3, -0.25) is 10.2 Å². The van der Waals surface area contributed by atoms with E-state index in [1.165, 1.54) is 12.1 Å². The van der Waals surface area contributed by atoms with Crippen molar-refractivity contribution in [2.24, 2.45) is 16.2 Å². The van der Waals surface area contributed by atoms with E-state index in [1.54, 1.807) is 44.2 Å². The fourth-order valence-electron chi connectivity index (χ4n) is 3.98. The van der Waals surface area contributed by atoms with Gasteiger partial charge in [-0.15, -0.1) is 5.11 Å². The van der Waals surface area contributed by atoms with Gasteiger partial charge in [0.15, 0.2) is 11.7 Å². The zero-order valence-electron chi connectivity index (χ0n) is 18.0. The molecule has 0 fully saturated rings. The summed E-state index contributed by atoms with van der Waals surface area (Å²) in [6.07, 6.45) is 0. The standard InChI is InChI=1S/C23H21FN8O/c1-11-10-15(24)8-9-16(11)12(2)20-28-19(26)17-21(29-20)30-22(33)23(17,3)14-6-4-13(5-7-14)18(25)31-32-27/h4-10H,2H2,1,3H3,(H3,25,27,31)(H3,26,28,29,30,33). The highest BCUT2D eigenvalue weighted by molar-refractivity contribution is 6.09. The van der Waals surface area contributed by atoms with E-state index in [0.29, 0.717) is 39.2 Å². The molecule has 33 heavy (non-hydrogen) atoms. The number of hydrogen-bond acceptors (Lipinski definition) is 6. The number of aromatic nitrogens is 2. The Hall–Kier alpha value is -4.47. The van der Waals surface area contributed by atoms with E-state index in [-0.39, 0.29) is 29.2 Å². The molecule has 1 atom stereocenters. The molecule has 6 N–H and O–H groups in total. The van der Waals surface area contributed by atoms with Crippen molar-refractivity contribution in [3.8, 4) is 0 Å². The second kappa shape index (κ2) is 7.90. The van der Waals surface area contributed by atoms with Crippen molar-refractivity contribution in [2.45, 2.75) is 19.3 Å². The number of rotatable bonds is 4. The van der Waals surface area contributed by atoms with E-state index >= 15 is 0 Å². The first kappa shape index (κ1) is 21.8. The molecule has 1 unspecified atom stereocenters. The zero-order chi connectivity index (χ0) is 23.9. The number of nitrogens with one attached hydrogen (secondary N) is 2. The Morgan fingerprint density at radius 2 is 1.91 bits per heavy atom. The van der Waals surface area contributed by atoms with Crippen LogP contribution in [0.2, 0.25) is 0 Å². The molecule has 0 aliphatic carbocycles. The quantitative estimate of drug-likeness (QED) is 0.159. The summed E-state index contributed by atoms with van der Waals surface area (Å²) in [5.41, 5.74) is 8.56. The fraction of sp³-hybridized carbons (Fsp3) is 0.130. The van der Waals surface area contributed by atoms with E-state index < -0.39 is 5.41 Å². The van der Waals surface area contributed by atoms with Gasteiger partial charge in [0, 0.05) is 11.1 Å². The van der Waals surface area contributed by atoms with Crippen molar-refractivity contribution in [1.82, 2.24) is 9.97 Å². The third kappa shape index (κ3) is 3.51. The van der Waals surface area contributed by atoms with E-state index in [4.69, 9.17) is 17.0 Å². The number of amides is 1. The third-order valence-corrected chi connectivity index (χ3v) is 5.80. The maximum atomic E-state index is 13.5. The van der Waals surface area contributed by atoms with Crippen molar-refractivity contribution >= 4 is 29.0 Å². The number of nitrogen functional groups attached to an aromatic ring is 1. The van der Waals surface area contributed by atoms with Crippen molar-refractivity contribution < 1.29 is 9.18 Å². The number of carbonyl (C=O) groups is 1. The third-order valence-electron chi connectivity index (χ3n) is 5.80. The van der Waals surface area contributed by atoms with E-state index in [1.807, 2.05) is 0 Å². The Bertz CT molecular complexity index is 1350. The van der Waals surface area contributed by atoms with Crippen LogP contribution in [0.15, 0.2) is 59.4 Å². The largest absolute Gasteiger partial charge is 0.383 e. The van der Waals surface area contributed by atoms with Gasteiger partial charge in [-0.25, -0.2) is 14.4 Å². The van der Waals surface area contributed by atoms with Crippen molar-refractivity contribution in [3.63, 3.8) is 0 Å². The highest BCUT2D eigenvalue weighted by atomic mass is 19.1. The molecular formula is C23H21FN8O. The van der Waals surface area contributed by atoms with Gasteiger partial charge in [0.2, 0.25) is 5.91 Å². The Morgan fingerprint density at radius 3 is 2.55 bits per heavy atom. The molecule has 1 amide bonds. The first-order valence-corrected chi connectivity index (χ1v) is 9.92. The lowest BCUT2D eigenvalue weighted by molar-refractivity contribution is -0.119. The average molecular weight is 444 g/mol. The molecule has 0 bridgehead atoms. The Labute approximate surface area is 189 Å². The van der Waals surface area contributed by atoms with Crippen LogP contribution in [-0.4, -0.2) is 21.7 Å². The number of benzene rings is 2. The average Bonchev–Trinajstić information content (AvgIpc) is 3.04. The summed E-state index contributed by atoms with van der Waals surface area (Å²) >= 11 is 0. The minimum absolute atomic E-state index is 0.104. The highest BCUT2D eigenvalue weighted by Crippen LogP contribution is 2.44. The zero-order valence-corrected chi connectivity index (χ0v) is 18.0. The van der Waals surface area contributed by atoms with Crippen LogP contribution in [-0.2, 0) is 10.2 Å². The maximum absolute atomic E-state index is 13.5. The molecule has 9 nitrogen and oxygen atoms in total. The summed E-state index contributed by atoms with van der Waals surface area (Å²) in [5, 5.41) is 17.2. The summed E-state index contributed by atoms with van der Waals surface area (Å²) in [6.45, 7) is 7.54. The number of nitrogens with two attached hydrogens (primary N) is 2. The number of carbonyl (C=O) groups excluding carboxylic acids is 1. The second-order valence-corrected chi connectivity index (χ2v) is 7.81. The lowest BCUT2D eigenvalue weighted by Crippen LogP contribution is -2.33. The molecule has 1 aliphatic heterocycles. The van der Waals surface area contributed by atoms with Crippen LogP contribution in [0, 0.1) is 18.2 Å². The second-order valence-electron chi connectivity index (χ2n) is 7.81. The van der Waals surface area contributed by atoms with Gasteiger partial charge < -0.3 is 16.9 Å². The fourth-order valence-corrected chi connectivity index (χ4v) is 3.98. The Kier molecular flexibility index (Phi) is 5.21. The highest BCUT2D eigenvalue weighted by Gasteiger charge is 2.47. The predicted octanol–water partition coefficient (Wildman–Crippen LogP) is 3.48. The Morgan fingerprint density at radius 1 is 1.21 bits per heavy atom. The van der Waals surface area contributed by atoms with E-state index in [2.05, 4.69) is 32.2 Å². The number of hydrogen-bond donors (Lipinski definition) is 4. The first-order chi connectivity index (χ1) is 15.7. The lowest BCUT2D eigenvalue weighted by atomic mass is 9.77. The number of anilines is 2. The Balaban J connectivity index is 1.76. The van der Waals surface area contributed by atoms with Crippen LogP contribution >= 0.6 is 0 Å². The minimum Gasteiger partial charge on any atom is -0.383 e. The van der Waals surface area contributed by atoms with Crippen molar-refractivity contribution in [3.05, 3.63) is 88.5 Å². The van der Waals surface area contributed by atoms with Crippen LogP contribution in [0.3, 0.4) is 0 Å². The molecule has 166 valence electrons. The maximum Gasteiger partial charge on any atom is 0.240 e. The first-order valence-electron chi connectivity index (χ1n) is 9.92. The monoisotopic (exact) mass is 444 g/mol. The summed E-state index contributed by atoms with van der Waals surface area (Å²) in [5.74, 6) is 4.89. The van der Waals surface area contributed by atoms with Crippen LogP contribution in [0.1, 0.15) is 40.6 Å². The van der Waals surface area contributed by atoms with Crippen LogP contribution in [0.4, 0.5) is 16.0 Å². The summed E-state index contributed by atoms with van der Waals surface area (Å²) < 4.78 is 13.5. The van der Waals surface area contributed by atoms with Crippen LogP contribution < -0.4 is 16.9 Å². The molecule has 0 spiro atoms. The van der Waals surface area contributed by atoms with Gasteiger partial charge in [-0.05, 0) is 42.7 Å². The summed E-state index contributed by atoms with van der Waals surface area (Å²) in [7, 11) is 0.